The zero-order valence-corrected chi connectivity index (χ0v) is 10.7. The Morgan fingerprint density at radius 2 is 2.05 bits per heavy atom. The number of aromatic amines is 1. The number of esters is 1. The topological polar surface area (TPSA) is 62.3 Å². The van der Waals surface area contributed by atoms with E-state index in [4.69, 9.17) is 4.74 Å². The highest BCUT2D eigenvalue weighted by molar-refractivity contribution is 6.17. The van der Waals surface area contributed by atoms with Crippen LogP contribution < -0.4 is 0 Å². The van der Waals surface area contributed by atoms with Gasteiger partial charge in [-0.2, -0.15) is 0 Å². The van der Waals surface area contributed by atoms with E-state index in [2.05, 4.69) is 11.6 Å². The molecule has 4 heteroatoms. The maximum absolute atomic E-state index is 12.1. The molecule has 0 amide bonds. The van der Waals surface area contributed by atoms with Crippen LogP contribution in [0.5, 0.6) is 5.75 Å². The summed E-state index contributed by atoms with van der Waals surface area (Å²) in [4.78, 5) is 15.4. The number of phenols is 1. The zero-order chi connectivity index (χ0) is 14.1. The third-order valence-corrected chi connectivity index (χ3v) is 3.19. The molecular formula is C16H13NO3. The van der Waals surface area contributed by atoms with Gasteiger partial charge < -0.3 is 14.8 Å². The lowest BCUT2D eigenvalue weighted by atomic mass is 10.1. The van der Waals surface area contributed by atoms with Crippen molar-refractivity contribution in [3.8, 4) is 5.75 Å². The number of carbonyl (C=O) groups excluding carboxylic acids is 1. The standard InChI is InChI=1S/C16H13NO3/c1-2-9-20-16(19)15-13(18)8-7-12-14(15)10-5-3-4-6-11(10)17-12/h2-8,17-18H,1,9H2. The van der Waals surface area contributed by atoms with E-state index in [0.717, 1.165) is 16.4 Å². The number of hydrogen-bond acceptors (Lipinski definition) is 3. The number of aromatic nitrogens is 1. The first kappa shape index (κ1) is 12.3. The van der Waals surface area contributed by atoms with E-state index in [1.165, 1.54) is 12.1 Å². The number of carbonyl (C=O) groups is 1. The Kier molecular flexibility index (Phi) is 2.91. The zero-order valence-electron chi connectivity index (χ0n) is 10.7. The minimum absolute atomic E-state index is 0.0867. The number of H-pyrrole nitrogens is 1. The average Bonchev–Trinajstić information content (AvgIpc) is 2.83. The van der Waals surface area contributed by atoms with E-state index < -0.39 is 5.97 Å². The molecule has 4 nitrogen and oxygen atoms in total. The molecule has 3 aromatic rings. The molecule has 20 heavy (non-hydrogen) atoms. The number of ether oxygens (including phenoxy) is 1. The summed E-state index contributed by atoms with van der Waals surface area (Å²) in [7, 11) is 0. The monoisotopic (exact) mass is 267 g/mol. The van der Waals surface area contributed by atoms with Crippen molar-refractivity contribution in [1.82, 2.24) is 4.98 Å². The van der Waals surface area contributed by atoms with Gasteiger partial charge in [0.05, 0.1) is 0 Å². The van der Waals surface area contributed by atoms with Gasteiger partial charge in [-0.25, -0.2) is 4.79 Å². The highest BCUT2D eigenvalue weighted by Gasteiger charge is 2.19. The van der Waals surface area contributed by atoms with Gasteiger partial charge in [0.1, 0.15) is 17.9 Å². The Hall–Kier alpha value is -2.75. The molecule has 0 atom stereocenters. The molecule has 0 spiro atoms. The summed E-state index contributed by atoms with van der Waals surface area (Å²) in [5.41, 5.74) is 1.88. The predicted octanol–water partition coefficient (Wildman–Crippen LogP) is 3.37. The summed E-state index contributed by atoms with van der Waals surface area (Å²) in [5, 5.41) is 11.6. The van der Waals surface area contributed by atoms with E-state index in [-0.39, 0.29) is 17.9 Å². The van der Waals surface area contributed by atoms with E-state index >= 15 is 0 Å². The maximum atomic E-state index is 12.1. The van der Waals surface area contributed by atoms with Crippen molar-refractivity contribution in [3.63, 3.8) is 0 Å². The molecule has 2 aromatic carbocycles. The van der Waals surface area contributed by atoms with Crippen LogP contribution in [0.1, 0.15) is 10.4 Å². The van der Waals surface area contributed by atoms with Crippen LogP contribution in [0.3, 0.4) is 0 Å². The number of benzene rings is 2. The van der Waals surface area contributed by atoms with E-state index in [1.807, 2.05) is 24.3 Å². The van der Waals surface area contributed by atoms with Crippen molar-refractivity contribution < 1.29 is 14.6 Å². The van der Waals surface area contributed by atoms with Crippen LogP contribution in [0.15, 0.2) is 49.1 Å². The summed E-state index contributed by atoms with van der Waals surface area (Å²) >= 11 is 0. The molecule has 100 valence electrons. The molecule has 0 radical (unpaired) electrons. The van der Waals surface area contributed by atoms with E-state index in [9.17, 15) is 9.90 Å². The highest BCUT2D eigenvalue weighted by atomic mass is 16.5. The molecule has 2 N–H and O–H groups in total. The smallest absolute Gasteiger partial charge is 0.342 e. The Morgan fingerprint density at radius 1 is 1.25 bits per heavy atom. The summed E-state index contributed by atoms with van der Waals surface area (Å²) in [6.07, 6.45) is 1.49. The summed E-state index contributed by atoms with van der Waals surface area (Å²) in [5.74, 6) is -0.644. The van der Waals surface area contributed by atoms with Gasteiger partial charge in [0.15, 0.2) is 0 Å². The predicted molar refractivity (Wildman–Crippen MR) is 77.9 cm³/mol. The van der Waals surface area contributed by atoms with Crippen LogP contribution in [0.2, 0.25) is 0 Å². The van der Waals surface area contributed by atoms with Crippen molar-refractivity contribution >= 4 is 27.8 Å². The van der Waals surface area contributed by atoms with Crippen molar-refractivity contribution in [3.05, 3.63) is 54.6 Å². The largest absolute Gasteiger partial charge is 0.507 e. The summed E-state index contributed by atoms with van der Waals surface area (Å²) in [6.45, 7) is 3.61. The minimum Gasteiger partial charge on any atom is -0.507 e. The molecule has 1 aromatic heterocycles. The molecule has 0 unspecified atom stereocenters. The van der Waals surface area contributed by atoms with Crippen molar-refractivity contribution in [2.24, 2.45) is 0 Å². The second kappa shape index (κ2) is 4.74. The number of fused-ring (bicyclic) bond motifs is 3. The number of hydrogen-bond donors (Lipinski definition) is 2. The lowest BCUT2D eigenvalue weighted by Gasteiger charge is -2.06. The van der Waals surface area contributed by atoms with Crippen LogP contribution in [0.25, 0.3) is 21.8 Å². The minimum atomic E-state index is -0.558. The van der Waals surface area contributed by atoms with Gasteiger partial charge in [0.2, 0.25) is 0 Å². The second-order valence-corrected chi connectivity index (χ2v) is 4.44. The third-order valence-electron chi connectivity index (χ3n) is 3.19. The van der Waals surface area contributed by atoms with Crippen LogP contribution >= 0.6 is 0 Å². The van der Waals surface area contributed by atoms with Gasteiger partial charge in [0.25, 0.3) is 0 Å². The molecule has 0 aliphatic rings. The van der Waals surface area contributed by atoms with Crippen molar-refractivity contribution in [2.45, 2.75) is 0 Å². The summed E-state index contributed by atoms with van der Waals surface area (Å²) < 4.78 is 5.05. The van der Waals surface area contributed by atoms with Crippen LogP contribution in [-0.2, 0) is 4.74 Å². The SMILES string of the molecule is C=CCOC(=O)c1c(O)ccc2[nH]c3ccccc3c12. The Bertz CT molecular complexity index is 817. The van der Waals surface area contributed by atoms with Crippen LogP contribution in [0, 0.1) is 0 Å². The molecule has 3 rings (SSSR count). The fraction of sp³-hybridized carbons (Fsp3) is 0.0625. The van der Waals surface area contributed by atoms with Gasteiger partial charge in [-0.1, -0.05) is 30.9 Å². The van der Waals surface area contributed by atoms with Gasteiger partial charge in [-0.15, -0.1) is 0 Å². The fourth-order valence-corrected chi connectivity index (χ4v) is 2.34. The maximum Gasteiger partial charge on any atom is 0.342 e. The number of para-hydroxylation sites is 1. The molecule has 0 saturated carbocycles. The normalized spacial score (nSPS) is 10.8. The Morgan fingerprint density at radius 3 is 2.85 bits per heavy atom. The Balaban J connectivity index is 2.31. The number of aromatic hydroxyl groups is 1. The van der Waals surface area contributed by atoms with Crippen LogP contribution in [-0.4, -0.2) is 22.7 Å². The average molecular weight is 267 g/mol. The summed E-state index contributed by atoms with van der Waals surface area (Å²) in [6, 6.07) is 10.9. The molecule has 0 fully saturated rings. The quantitative estimate of drug-likeness (QED) is 0.565. The van der Waals surface area contributed by atoms with E-state index in [0.29, 0.717) is 5.39 Å². The van der Waals surface area contributed by atoms with Crippen LogP contribution in [0.4, 0.5) is 0 Å². The fourth-order valence-electron chi connectivity index (χ4n) is 2.34. The molecule has 1 heterocycles. The molecule has 0 saturated heterocycles. The van der Waals surface area contributed by atoms with Gasteiger partial charge >= 0.3 is 5.97 Å². The van der Waals surface area contributed by atoms with Gasteiger partial charge in [0, 0.05) is 21.8 Å². The molecule has 0 aliphatic carbocycles. The first-order valence-electron chi connectivity index (χ1n) is 6.23. The van der Waals surface area contributed by atoms with Gasteiger partial charge in [-0.05, 0) is 18.2 Å². The van der Waals surface area contributed by atoms with Gasteiger partial charge in [-0.3, -0.25) is 0 Å². The highest BCUT2D eigenvalue weighted by Crippen LogP contribution is 2.33. The van der Waals surface area contributed by atoms with Crippen molar-refractivity contribution in [2.75, 3.05) is 6.61 Å². The number of phenolic OH excluding ortho intramolecular Hbond substituents is 1. The molecular weight excluding hydrogens is 254 g/mol. The third kappa shape index (κ3) is 1.82. The number of rotatable bonds is 3. The number of nitrogens with one attached hydrogen (secondary N) is 1. The second-order valence-electron chi connectivity index (χ2n) is 4.44. The first-order valence-corrected chi connectivity index (χ1v) is 6.23. The first-order chi connectivity index (χ1) is 9.72. The van der Waals surface area contributed by atoms with Crippen molar-refractivity contribution in [1.29, 1.82) is 0 Å². The Labute approximate surface area is 115 Å². The lowest BCUT2D eigenvalue weighted by molar-refractivity contribution is 0.0549. The molecule has 0 bridgehead atoms. The molecule has 0 aliphatic heterocycles. The van der Waals surface area contributed by atoms with E-state index in [1.54, 1.807) is 6.07 Å². The lowest BCUT2D eigenvalue weighted by Crippen LogP contribution is -2.06.